The number of anilines is 1. The zero-order chi connectivity index (χ0) is 13.9. The summed E-state index contributed by atoms with van der Waals surface area (Å²) in [7, 11) is 1.69. The number of nitrogens with one attached hydrogen (secondary N) is 1. The van der Waals surface area contributed by atoms with Crippen molar-refractivity contribution in [2.75, 3.05) is 19.0 Å². The Bertz CT molecular complexity index is 415. The SMILES string of the molecule is COC(C)CNc1nc(C(C)(C)C)nc(Cl)c1C. The molecule has 1 rings (SSSR count). The number of methoxy groups -OCH3 is 1. The summed E-state index contributed by atoms with van der Waals surface area (Å²) in [5, 5.41) is 3.76. The molecule has 0 aromatic carbocycles. The molecule has 5 heteroatoms. The molecule has 0 bridgehead atoms. The van der Waals surface area contributed by atoms with E-state index in [0.717, 1.165) is 17.2 Å². The van der Waals surface area contributed by atoms with Crippen LogP contribution in [0.3, 0.4) is 0 Å². The van der Waals surface area contributed by atoms with Crippen LogP contribution in [0.1, 0.15) is 39.1 Å². The van der Waals surface area contributed by atoms with Gasteiger partial charge in [-0.1, -0.05) is 32.4 Å². The van der Waals surface area contributed by atoms with Crippen molar-refractivity contribution in [3.63, 3.8) is 0 Å². The van der Waals surface area contributed by atoms with Crippen LogP contribution >= 0.6 is 11.6 Å². The second-order valence-electron chi connectivity index (χ2n) is 5.49. The van der Waals surface area contributed by atoms with Crippen LogP contribution in [0.5, 0.6) is 0 Å². The highest BCUT2D eigenvalue weighted by Gasteiger charge is 2.20. The standard InChI is InChI=1S/C13H22ClN3O/c1-8(18-6)7-15-11-9(2)10(14)16-12(17-11)13(3,4)5/h8H,7H2,1-6H3,(H,15,16,17). The minimum absolute atomic E-state index is 0.122. The van der Waals surface area contributed by atoms with Crippen molar-refractivity contribution in [3.8, 4) is 0 Å². The number of hydrogen-bond acceptors (Lipinski definition) is 4. The Balaban J connectivity index is 3.00. The summed E-state index contributed by atoms with van der Waals surface area (Å²) in [6.07, 6.45) is 0.122. The Morgan fingerprint density at radius 2 is 1.94 bits per heavy atom. The maximum Gasteiger partial charge on any atom is 0.137 e. The highest BCUT2D eigenvalue weighted by molar-refractivity contribution is 6.30. The first-order chi connectivity index (χ1) is 8.25. The van der Waals surface area contributed by atoms with E-state index in [1.807, 2.05) is 13.8 Å². The van der Waals surface area contributed by atoms with Crippen molar-refractivity contribution < 1.29 is 4.74 Å². The van der Waals surface area contributed by atoms with Crippen LogP contribution in [0.15, 0.2) is 0 Å². The van der Waals surface area contributed by atoms with Crippen LogP contribution in [0.2, 0.25) is 5.15 Å². The van der Waals surface area contributed by atoms with E-state index in [4.69, 9.17) is 16.3 Å². The number of nitrogens with zero attached hydrogens (tertiary/aromatic N) is 2. The van der Waals surface area contributed by atoms with Crippen molar-refractivity contribution in [2.24, 2.45) is 0 Å². The van der Waals surface area contributed by atoms with Crippen LogP contribution in [0.4, 0.5) is 5.82 Å². The predicted octanol–water partition coefficient (Wildman–Crippen LogP) is 3.18. The van der Waals surface area contributed by atoms with E-state index >= 15 is 0 Å². The summed E-state index contributed by atoms with van der Waals surface area (Å²) in [6, 6.07) is 0. The summed E-state index contributed by atoms with van der Waals surface area (Å²) in [4.78, 5) is 8.88. The van der Waals surface area contributed by atoms with Crippen LogP contribution in [-0.2, 0) is 10.2 Å². The second kappa shape index (κ2) is 5.85. The van der Waals surface area contributed by atoms with Gasteiger partial charge in [0.25, 0.3) is 0 Å². The van der Waals surface area contributed by atoms with Gasteiger partial charge in [-0.2, -0.15) is 0 Å². The molecule has 4 nitrogen and oxygen atoms in total. The van der Waals surface area contributed by atoms with E-state index in [2.05, 4.69) is 36.1 Å². The van der Waals surface area contributed by atoms with Crippen molar-refractivity contribution in [1.82, 2.24) is 9.97 Å². The Morgan fingerprint density at radius 1 is 1.33 bits per heavy atom. The fraction of sp³-hybridized carbons (Fsp3) is 0.692. The van der Waals surface area contributed by atoms with Gasteiger partial charge in [0.15, 0.2) is 0 Å². The van der Waals surface area contributed by atoms with Gasteiger partial charge < -0.3 is 10.1 Å². The maximum absolute atomic E-state index is 6.15. The van der Waals surface area contributed by atoms with Gasteiger partial charge in [0, 0.05) is 24.6 Å². The summed E-state index contributed by atoms with van der Waals surface area (Å²) >= 11 is 6.15. The van der Waals surface area contributed by atoms with Gasteiger partial charge in [0.05, 0.1) is 6.10 Å². The number of rotatable bonds is 4. The molecule has 0 aliphatic heterocycles. The molecule has 18 heavy (non-hydrogen) atoms. The molecule has 0 fully saturated rings. The third-order valence-corrected chi connectivity index (χ3v) is 3.08. The summed E-state index contributed by atoms with van der Waals surface area (Å²) in [5.74, 6) is 1.52. The lowest BCUT2D eigenvalue weighted by molar-refractivity contribution is 0.128. The molecule has 1 atom stereocenters. The van der Waals surface area contributed by atoms with Crippen molar-refractivity contribution >= 4 is 17.4 Å². The molecule has 0 saturated carbocycles. The first-order valence-electron chi connectivity index (χ1n) is 6.07. The van der Waals surface area contributed by atoms with Crippen molar-refractivity contribution in [2.45, 2.75) is 46.1 Å². The largest absolute Gasteiger partial charge is 0.380 e. The van der Waals surface area contributed by atoms with Gasteiger partial charge in [-0.15, -0.1) is 0 Å². The number of aromatic nitrogens is 2. The molecule has 0 aliphatic rings. The van der Waals surface area contributed by atoms with Crippen molar-refractivity contribution in [3.05, 3.63) is 16.5 Å². The molecule has 1 unspecified atom stereocenters. The van der Waals surface area contributed by atoms with Crippen LogP contribution in [0.25, 0.3) is 0 Å². The average Bonchev–Trinajstić information content (AvgIpc) is 2.28. The highest BCUT2D eigenvalue weighted by atomic mass is 35.5. The zero-order valence-corrected chi connectivity index (χ0v) is 12.7. The smallest absolute Gasteiger partial charge is 0.137 e. The predicted molar refractivity (Wildman–Crippen MR) is 75.4 cm³/mol. The first kappa shape index (κ1) is 15.2. The first-order valence-corrected chi connectivity index (χ1v) is 6.44. The molecule has 0 spiro atoms. The van der Waals surface area contributed by atoms with E-state index in [9.17, 15) is 0 Å². The van der Waals surface area contributed by atoms with Gasteiger partial charge >= 0.3 is 0 Å². The number of halogens is 1. The normalized spacial score (nSPS) is 13.5. The lowest BCUT2D eigenvalue weighted by atomic mass is 9.95. The minimum Gasteiger partial charge on any atom is -0.380 e. The highest BCUT2D eigenvalue weighted by Crippen LogP contribution is 2.25. The third-order valence-electron chi connectivity index (χ3n) is 2.72. The molecule has 1 aromatic heterocycles. The van der Waals surface area contributed by atoms with Gasteiger partial charge in [-0.05, 0) is 13.8 Å². The van der Waals surface area contributed by atoms with E-state index in [-0.39, 0.29) is 11.5 Å². The van der Waals surface area contributed by atoms with Gasteiger partial charge in [0.2, 0.25) is 0 Å². The Kier molecular flexibility index (Phi) is 4.93. The molecular weight excluding hydrogens is 250 g/mol. The Labute approximate surface area is 114 Å². The molecule has 0 radical (unpaired) electrons. The van der Waals surface area contributed by atoms with E-state index < -0.39 is 0 Å². The van der Waals surface area contributed by atoms with Crippen LogP contribution in [0, 0.1) is 6.92 Å². The monoisotopic (exact) mass is 271 g/mol. The van der Waals surface area contributed by atoms with Gasteiger partial charge in [-0.25, -0.2) is 9.97 Å². The molecule has 1 N–H and O–H groups in total. The van der Waals surface area contributed by atoms with E-state index in [1.165, 1.54) is 0 Å². The lowest BCUT2D eigenvalue weighted by Crippen LogP contribution is -2.22. The van der Waals surface area contributed by atoms with Gasteiger partial charge in [0.1, 0.15) is 16.8 Å². The van der Waals surface area contributed by atoms with Crippen LogP contribution in [-0.4, -0.2) is 29.7 Å². The fourth-order valence-corrected chi connectivity index (χ4v) is 1.49. The zero-order valence-electron chi connectivity index (χ0n) is 12.0. The Hall–Kier alpha value is -0.870. The van der Waals surface area contributed by atoms with Crippen LogP contribution < -0.4 is 5.32 Å². The molecule has 0 amide bonds. The molecule has 1 aromatic rings. The molecular formula is C13H22ClN3O. The van der Waals surface area contributed by atoms with E-state index in [0.29, 0.717) is 11.7 Å². The molecule has 0 saturated heterocycles. The topological polar surface area (TPSA) is 47.0 Å². The summed E-state index contributed by atoms with van der Waals surface area (Å²) in [6.45, 7) is 10.8. The molecule has 0 aliphatic carbocycles. The maximum atomic E-state index is 6.15. The summed E-state index contributed by atoms with van der Waals surface area (Å²) in [5.41, 5.74) is 0.744. The average molecular weight is 272 g/mol. The molecule has 1 heterocycles. The lowest BCUT2D eigenvalue weighted by Gasteiger charge is -2.20. The third kappa shape index (κ3) is 3.82. The number of hydrogen-bond donors (Lipinski definition) is 1. The number of ether oxygens (including phenoxy) is 1. The minimum atomic E-state index is -0.124. The van der Waals surface area contributed by atoms with E-state index in [1.54, 1.807) is 7.11 Å². The second-order valence-corrected chi connectivity index (χ2v) is 5.85. The van der Waals surface area contributed by atoms with Gasteiger partial charge in [-0.3, -0.25) is 0 Å². The van der Waals surface area contributed by atoms with Crippen molar-refractivity contribution in [1.29, 1.82) is 0 Å². The quantitative estimate of drug-likeness (QED) is 0.855. The summed E-state index contributed by atoms with van der Waals surface area (Å²) < 4.78 is 5.20. The fourth-order valence-electron chi connectivity index (χ4n) is 1.32. The Morgan fingerprint density at radius 3 is 2.44 bits per heavy atom. The molecule has 102 valence electrons.